The minimum atomic E-state index is -3.78. The largest absolute Gasteiger partial charge is 0.399 e. The molecule has 0 amide bonds. The zero-order chi connectivity index (χ0) is 16.0. The van der Waals surface area contributed by atoms with Crippen LogP contribution >= 0.6 is 0 Å². The smallest absolute Gasteiger partial charge is 0.238 e. The molecule has 0 aliphatic carbocycles. The Bertz CT molecular complexity index is 571. The topological polar surface area (TPSA) is 107 Å². The van der Waals surface area contributed by atoms with E-state index in [0.29, 0.717) is 36.0 Å². The van der Waals surface area contributed by atoms with Gasteiger partial charge in [0.2, 0.25) is 10.0 Å². The number of nitrogens with two attached hydrogens (primary N) is 2. The van der Waals surface area contributed by atoms with Gasteiger partial charge < -0.3 is 15.8 Å². The van der Waals surface area contributed by atoms with Crippen molar-refractivity contribution in [2.45, 2.75) is 32.1 Å². The molecule has 0 unspecified atom stereocenters. The second kappa shape index (κ2) is 7.63. The second-order valence-corrected chi connectivity index (χ2v) is 6.99. The molecule has 0 heterocycles. The Morgan fingerprint density at radius 3 is 2.52 bits per heavy atom. The fourth-order valence-electron chi connectivity index (χ4n) is 1.87. The predicted molar refractivity (Wildman–Crippen MR) is 85.7 cm³/mol. The van der Waals surface area contributed by atoms with Gasteiger partial charge in [0.1, 0.15) is 0 Å². The number of anilines is 2. The van der Waals surface area contributed by atoms with Gasteiger partial charge in [0.15, 0.2) is 0 Å². The molecule has 0 radical (unpaired) electrons. The molecule has 6 nitrogen and oxygen atoms in total. The van der Waals surface area contributed by atoms with E-state index >= 15 is 0 Å². The van der Waals surface area contributed by atoms with Gasteiger partial charge in [-0.3, -0.25) is 0 Å². The molecular formula is C14H25N3O3S. The Labute approximate surface area is 126 Å². The van der Waals surface area contributed by atoms with Crippen LogP contribution < -0.4 is 16.2 Å². The summed E-state index contributed by atoms with van der Waals surface area (Å²) in [6.45, 7) is 7.83. The average Bonchev–Trinajstić information content (AvgIpc) is 2.35. The van der Waals surface area contributed by atoms with Crippen LogP contribution in [0.15, 0.2) is 17.0 Å². The van der Waals surface area contributed by atoms with Gasteiger partial charge in [-0.25, -0.2) is 13.6 Å². The molecule has 0 saturated heterocycles. The number of nitrogens with one attached hydrogen (secondary N) is 1. The zero-order valence-corrected chi connectivity index (χ0v) is 13.7. The van der Waals surface area contributed by atoms with Gasteiger partial charge in [0, 0.05) is 24.5 Å². The van der Waals surface area contributed by atoms with E-state index in [9.17, 15) is 8.42 Å². The lowest BCUT2D eigenvalue weighted by molar-refractivity contribution is 0.132. The fourth-order valence-corrected chi connectivity index (χ4v) is 2.70. The van der Waals surface area contributed by atoms with Crippen LogP contribution in [0.3, 0.4) is 0 Å². The van der Waals surface area contributed by atoms with Crippen molar-refractivity contribution in [2.24, 2.45) is 11.1 Å². The maximum atomic E-state index is 11.5. The SMILES string of the molecule is Cc1c(NCCOCCC(C)C)cc(N)cc1S(N)(=O)=O. The molecule has 21 heavy (non-hydrogen) atoms. The first kappa shape index (κ1) is 17.7. The molecule has 0 aliphatic heterocycles. The van der Waals surface area contributed by atoms with Gasteiger partial charge in [0.05, 0.1) is 11.5 Å². The molecule has 0 saturated carbocycles. The summed E-state index contributed by atoms with van der Waals surface area (Å²) in [5.74, 6) is 0.617. The van der Waals surface area contributed by atoms with Gasteiger partial charge in [0.25, 0.3) is 0 Å². The van der Waals surface area contributed by atoms with Crippen molar-refractivity contribution in [1.29, 1.82) is 0 Å². The number of hydrogen-bond acceptors (Lipinski definition) is 5. The Kier molecular flexibility index (Phi) is 6.44. The van der Waals surface area contributed by atoms with Crippen molar-refractivity contribution in [3.05, 3.63) is 17.7 Å². The molecule has 0 aromatic heterocycles. The van der Waals surface area contributed by atoms with Crippen molar-refractivity contribution >= 4 is 21.4 Å². The zero-order valence-electron chi connectivity index (χ0n) is 12.8. The van der Waals surface area contributed by atoms with Gasteiger partial charge >= 0.3 is 0 Å². The summed E-state index contributed by atoms with van der Waals surface area (Å²) in [5.41, 5.74) is 7.30. The minimum Gasteiger partial charge on any atom is -0.399 e. The van der Waals surface area contributed by atoms with E-state index in [2.05, 4.69) is 19.2 Å². The van der Waals surface area contributed by atoms with Crippen LogP contribution in [0.5, 0.6) is 0 Å². The maximum Gasteiger partial charge on any atom is 0.238 e. The predicted octanol–water partition coefficient (Wildman–Crippen LogP) is 1.70. The highest BCUT2D eigenvalue weighted by Crippen LogP contribution is 2.25. The van der Waals surface area contributed by atoms with Crippen molar-refractivity contribution < 1.29 is 13.2 Å². The van der Waals surface area contributed by atoms with Gasteiger partial charge in [-0.1, -0.05) is 13.8 Å². The summed E-state index contributed by atoms with van der Waals surface area (Å²) in [7, 11) is -3.78. The minimum absolute atomic E-state index is 0.0470. The van der Waals surface area contributed by atoms with Crippen molar-refractivity contribution in [3.63, 3.8) is 0 Å². The number of benzene rings is 1. The molecule has 1 aromatic carbocycles. The van der Waals surface area contributed by atoms with Crippen molar-refractivity contribution in [3.8, 4) is 0 Å². The van der Waals surface area contributed by atoms with E-state index in [-0.39, 0.29) is 4.90 Å². The molecule has 120 valence electrons. The van der Waals surface area contributed by atoms with Crippen LogP contribution in [0.1, 0.15) is 25.8 Å². The van der Waals surface area contributed by atoms with Crippen molar-refractivity contribution in [2.75, 3.05) is 30.8 Å². The number of ether oxygens (including phenoxy) is 1. The number of primary sulfonamides is 1. The first-order chi connectivity index (χ1) is 9.71. The number of rotatable bonds is 8. The summed E-state index contributed by atoms with van der Waals surface area (Å²) in [5, 5.41) is 8.31. The number of sulfonamides is 1. The van der Waals surface area contributed by atoms with E-state index < -0.39 is 10.0 Å². The molecule has 5 N–H and O–H groups in total. The Morgan fingerprint density at radius 2 is 1.95 bits per heavy atom. The van der Waals surface area contributed by atoms with E-state index in [1.807, 2.05) is 0 Å². The Morgan fingerprint density at radius 1 is 1.29 bits per heavy atom. The van der Waals surface area contributed by atoms with Crippen molar-refractivity contribution in [1.82, 2.24) is 0 Å². The quantitative estimate of drug-likeness (QED) is 0.500. The molecule has 1 aromatic rings. The average molecular weight is 315 g/mol. The molecule has 0 spiro atoms. The second-order valence-electron chi connectivity index (χ2n) is 5.46. The monoisotopic (exact) mass is 315 g/mol. The maximum absolute atomic E-state index is 11.5. The first-order valence-corrected chi connectivity index (χ1v) is 8.51. The molecule has 7 heteroatoms. The molecular weight excluding hydrogens is 290 g/mol. The van der Waals surface area contributed by atoms with Crippen LogP contribution in [0, 0.1) is 12.8 Å². The van der Waals surface area contributed by atoms with Crippen LogP contribution in [-0.2, 0) is 14.8 Å². The van der Waals surface area contributed by atoms with E-state index in [4.69, 9.17) is 15.6 Å². The lowest BCUT2D eigenvalue weighted by Crippen LogP contribution is -2.16. The highest BCUT2D eigenvalue weighted by molar-refractivity contribution is 7.89. The normalized spacial score (nSPS) is 11.9. The van der Waals surface area contributed by atoms with Gasteiger partial charge in [-0.15, -0.1) is 0 Å². The van der Waals surface area contributed by atoms with Crippen LogP contribution in [0.4, 0.5) is 11.4 Å². The van der Waals surface area contributed by atoms with Gasteiger partial charge in [-0.05, 0) is 37.0 Å². The van der Waals surface area contributed by atoms with Crippen LogP contribution in [-0.4, -0.2) is 28.2 Å². The molecule has 0 fully saturated rings. The first-order valence-electron chi connectivity index (χ1n) is 6.96. The summed E-state index contributed by atoms with van der Waals surface area (Å²) >= 11 is 0. The van der Waals surface area contributed by atoms with Gasteiger partial charge in [-0.2, -0.15) is 0 Å². The van der Waals surface area contributed by atoms with E-state index in [0.717, 1.165) is 13.0 Å². The van der Waals surface area contributed by atoms with Crippen LogP contribution in [0.2, 0.25) is 0 Å². The third-order valence-electron chi connectivity index (χ3n) is 3.09. The molecule has 0 aliphatic rings. The lowest BCUT2D eigenvalue weighted by atomic mass is 10.1. The standard InChI is InChI=1S/C14H25N3O3S/c1-10(2)4-6-20-7-5-17-13-8-12(15)9-14(11(13)3)21(16,18)19/h8-10,17H,4-7,15H2,1-3H3,(H2,16,18,19). The highest BCUT2D eigenvalue weighted by atomic mass is 32.2. The molecule has 0 atom stereocenters. The molecule has 0 bridgehead atoms. The molecule has 1 rings (SSSR count). The highest BCUT2D eigenvalue weighted by Gasteiger charge is 2.15. The summed E-state index contributed by atoms with van der Waals surface area (Å²) < 4.78 is 28.5. The summed E-state index contributed by atoms with van der Waals surface area (Å²) in [6.07, 6.45) is 1.02. The van der Waals surface area contributed by atoms with Crippen LogP contribution in [0.25, 0.3) is 0 Å². The lowest BCUT2D eigenvalue weighted by Gasteiger charge is -2.14. The summed E-state index contributed by atoms with van der Waals surface area (Å²) in [4.78, 5) is 0.0470. The van der Waals surface area contributed by atoms with E-state index in [1.165, 1.54) is 6.07 Å². The summed E-state index contributed by atoms with van der Waals surface area (Å²) in [6, 6.07) is 3.06. The number of hydrogen-bond donors (Lipinski definition) is 3. The number of nitrogen functional groups attached to an aromatic ring is 1. The fraction of sp³-hybridized carbons (Fsp3) is 0.571. The third-order valence-corrected chi connectivity index (χ3v) is 4.13. The van der Waals surface area contributed by atoms with E-state index in [1.54, 1.807) is 13.0 Å². The third kappa shape index (κ3) is 5.91. The Hall–Kier alpha value is -1.31. The Balaban J connectivity index is 2.62.